The van der Waals surface area contributed by atoms with Gasteiger partial charge in [-0.1, -0.05) is 13.5 Å². The van der Waals surface area contributed by atoms with Crippen molar-refractivity contribution in [3.8, 4) is 39.9 Å². The smallest absolute Gasteiger partial charge is 0.333 e. The summed E-state index contributed by atoms with van der Waals surface area (Å²) in [5.41, 5.74) is 3.32. The zero-order chi connectivity index (χ0) is 25.6. The minimum Gasteiger partial charge on any atom is -0.493 e. The van der Waals surface area contributed by atoms with Crippen LogP contribution in [0.4, 0.5) is 0 Å². The first-order valence-electron chi connectivity index (χ1n) is 10.6. The van der Waals surface area contributed by atoms with Crippen LogP contribution in [0.25, 0.3) is 11.1 Å². The Hall–Kier alpha value is -3.39. The van der Waals surface area contributed by atoms with E-state index in [1.165, 1.54) is 7.11 Å². The fourth-order valence-electron chi connectivity index (χ4n) is 4.10. The van der Waals surface area contributed by atoms with Crippen molar-refractivity contribution in [3.63, 3.8) is 0 Å². The molecule has 2 atom stereocenters. The summed E-state index contributed by atoms with van der Waals surface area (Å²) in [7, 11) is 10.7. The molecule has 8 nitrogen and oxygen atoms in total. The highest BCUT2D eigenvalue weighted by atomic mass is 16.5. The Morgan fingerprint density at radius 3 is 1.82 bits per heavy atom. The molecular weight excluding hydrogens is 440 g/mol. The van der Waals surface area contributed by atoms with Crippen molar-refractivity contribution in [2.45, 2.75) is 20.0 Å². The van der Waals surface area contributed by atoms with Crippen molar-refractivity contribution in [3.05, 3.63) is 41.5 Å². The van der Waals surface area contributed by atoms with Crippen LogP contribution in [-0.4, -0.2) is 55.7 Å². The molecule has 2 rings (SSSR count). The van der Waals surface area contributed by atoms with Crippen LogP contribution in [-0.2, 0) is 14.3 Å². The Morgan fingerprint density at radius 2 is 1.35 bits per heavy atom. The third-order valence-electron chi connectivity index (χ3n) is 5.83. The number of hydrogen-bond donors (Lipinski definition) is 0. The molecule has 0 aromatic heterocycles. The van der Waals surface area contributed by atoms with Crippen LogP contribution < -0.4 is 23.7 Å². The van der Waals surface area contributed by atoms with Crippen LogP contribution in [0, 0.1) is 12.8 Å². The highest BCUT2D eigenvalue weighted by Gasteiger charge is 2.32. The third kappa shape index (κ3) is 4.92. The molecule has 0 bridgehead atoms. The average Bonchev–Trinajstić information content (AvgIpc) is 2.86. The molecule has 0 saturated heterocycles. The Balaban J connectivity index is 2.95. The first-order valence-corrected chi connectivity index (χ1v) is 10.6. The molecule has 0 N–H and O–H groups in total. The van der Waals surface area contributed by atoms with Gasteiger partial charge in [0.1, 0.15) is 0 Å². The summed E-state index contributed by atoms with van der Waals surface area (Å²) >= 11 is 0. The molecule has 0 amide bonds. The lowest BCUT2D eigenvalue weighted by molar-refractivity contribution is -0.137. The predicted molar refractivity (Wildman–Crippen MR) is 129 cm³/mol. The van der Waals surface area contributed by atoms with Gasteiger partial charge in [0.25, 0.3) is 0 Å². The second-order valence-electron chi connectivity index (χ2n) is 7.60. The summed E-state index contributed by atoms with van der Waals surface area (Å²) in [5, 5.41) is 0. The molecule has 0 unspecified atom stereocenters. The number of hydrogen-bond acceptors (Lipinski definition) is 8. The van der Waals surface area contributed by atoms with Gasteiger partial charge in [0, 0.05) is 24.2 Å². The monoisotopic (exact) mass is 474 g/mol. The quantitative estimate of drug-likeness (QED) is 0.341. The van der Waals surface area contributed by atoms with E-state index in [4.69, 9.17) is 33.2 Å². The third-order valence-corrected chi connectivity index (χ3v) is 5.83. The van der Waals surface area contributed by atoms with Crippen LogP contribution >= 0.6 is 0 Å². The molecule has 0 aliphatic rings. The van der Waals surface area contributed by atoms with Gasteiger partial charge in [0.05, 0.1) is 48.8 Å². The van der Waals surface area contributed by atoms with Crippen molar-refractivity contribution in [2.24, 2.45) is 5.92 Å². The zero-order valence-electron chi connectivity index (χ0n) is 21.4. The number of benzene rings is 2. The highest BCUT2D eigenvalue weighted by Crippen LogP contribution is 2.51. The van der Waals surface area contributed by atoms with Gasteiger partial charge in [-0.2, -0.15) is 0 Å². The van der Waals surface area contributed by atoms with Gasteiger partial charge < -0.3 is 33.2 Å². The van der Waals surface area contributed by atoms with Gasteiger partial charge in [0.15, 0.2) is 23.0 Å². The highest BCUT2D eigenvalue weighted by molar-refractivity contribution is 5.88. The summed E-state index contributed by atoms with van der Waals surface area (Å²) in [6.45, 7) is 7.70. The fraction of sp³-hybridized carbons (Fsp3) is 0.423. The van der Waals surface area contributed by atoms with Crippen LogP contribution in [0.15, 0.2) is 30.4 Å². The minimum absolute atomic E-state index is 0.276. The Labute approximate surface area is 201 Å². The molecular formula is C26H34O8. The summed E-state index contributed by atoms with van der Waals surface area (Å²) in [4.78, 5) is 12.2. The predicted octanol–water partition coefficient (Wildman–Crippen LogP) is 4.76. The van der Waals surface area contributed by atoms with Crippen LogP contribution in [0.2, 0.25) is 0 Å². The molecule has 0 heterocycles. The molecule has 34 heavy (non-hydrogen) atoms. The molecule has 0 aliphatic carbocycles. The van der Waals surface area contributed by atoms with Gasteiger partial charge in [-0.25, -0.2) is 4.79 Å². The lowest BCUT2D eigenvalue weighted by Gasteiger charge is -2.28. The molecule has 2 aromatic rings. The van der Waals surface area contributed by atoms with Gasteiger partial charge in [-0.15, -0.1) is 0 Å². The second-order valence-corrected chi connectivity index (χ2v) is 7.60. The number of aryl methyl sites for hydroxylation is 1. The maximum atomic E-state index is 12.2. The Kier molecular flexibility index (Phi) is 9.20. The summed E-state index contributed by atoms with van der Waals surface area (Å²) in [6, 6.07) is 5.63. The van der Waals surface area contributed by atoms with Crippen LogP contribution in [0.1, 0.15) is 24.2 Å². The largest absolute Gasteiger partial charge is 0.493 e. The summed E-state index contributed by atoms with van der Waals surface area (Å²) < 4.78 is 39.0. The number of esters is 1. The molecule has 2 aromatic carbocycles. The first-order chi connectivity index (χ1) is 16.2. The molecule has 0 radical (unpaired) electrons. The summed E-state index contributed by atoms with van der Waals surface area (Å²) in [5.74, 6) is 1.56. The van der Waals surface area contributed by atoms with Crippen LogP contribution in [0.5, 0.6) is 28.7 Å². The van der Waals surface area contributed by atoms with E-state index in [9.17, 15) is 4.79 Å². The van der Waals surface area contributed by atoms with Gasteiger partial charge in [-0.05, 0) is 41.8 Å². The van der Waals surface area contributed by atoms with E-state index in [1.807, 2.05) is 32.0 Å². The van der Waals surface area contributed by atoms with Crippen molar-refractivity contribution >= 4 is 5.97 Å². The second kappa shape index (κ2) is 11.7. The Morgan fingerprint density at radius 1 is 0.794 bits per heavy atom. The SMILES string of the molecule is C=C(C(=O)OC)[C@H](C)[C@@H](OC)c1cc(OC)c(OC)c(OC)c1-c1cc(C)c(OC)c(OC)c1. The Bertz CT molecular complexity index is 1040. The number of methoxy groups -OCH3 is 7. The first kappa shape index (κ1) is 26.9. The topological polar surface area (TPSA) is 81.7 Å². The van der Waals surface area contributed by atoms with E-state index in [2.05, 4.69) is 6.58 Å². The van der Waals surface area contributed by atoms with Crippen molar-refractivity contribution in [1.82, 2.24) is 0 Å². The maximum Gasteiger partial charge on any atom is 0.333 e. The van der Waals surface area contributed by atoms with Crippen molar-refractivity contribution < 1.29 is 38.0 Å². The van der Waals surface area contributed by atoms with E-state index < -0.39 is 18.0 Å². The van der Waals surface area contributed by atoms with Crippen molar-refractivity contribution in [1.29, 1.82) is 0 Å². The molecule has 186 valence electrons. The zero-order valence-corrected chi connectivity index (χ0v) is 21.4. The molecule has 0 fully saturated rings. The molecule has 0 saturated carbocycles. The van der Waals surface area contributed by atoms with Gasteiger partial charge in [-0.3, -0.25) is 0 Å². The number of carbonyl (C=O) groups excluding carboxylic acids is 1. The molecule has 0 spiro atoms. The lowest BCUT2D eigenvalue weighted by Crippen LogP contribution is -2.20. The minimum atomic E-state index is -0.594. The standard InChI is InChI=1S/C26H34O8/c1-14-11-17(12-19(28-4)22(14)30-6)21-18(13-20(29-5)24(32-8)25(21)33-9)23(31-7)15(2)16(3)26(27)34-10/h11-13,15,23H,3H2,1-2,4-10H3/t15-,23+/m0/s1. The fourth-order valence-corrected chi connectivity index (χ4v) is 4.10. The number of carbonyl (C=O) groups is 1. The van der Waals surface area contributed by atoms with E-state index in [1.54, 1.807) is 42.7 Å². The number of rotatable bonds is 11. The lowest BCUT2D eigenvalue weighted by atomic mass is 9.85. The molecule has 0 aliphatic heterocycles. The van der Waals surface area contributed by atoms with Crippen molar-refractivity contribution in [2.75, 3.05) is 49.8 Å². The molecule has 8 heteroatoms. The van der Waals surface area contributed by atoms with E-state index in [-0.39, 0.29) is 5.57 Å². The average molecular weight is 475 g/mol. The van der Waals surface area contributed by atoms with E-state index in [0.717, 1.165) is 11.1 Å². The van der Waals surface area contributed by atoms with Gasteiger partial charge in [0.2, 0.25) is 5.75 Å². The normalized spacial score (nSPS) is 12.4. The van der Waals surface area contributed by atoms with E-state index in [0.29, 0.717) is 39.9 Å². The number of ether oxygens (including phenoxy) is 7. The van der Waals surface area contributed by atoms with Gasteiger partial charge >= 0.3 is 5.97 Å². The van der Waals surface area contributed by atoms with Crippen LogP contribution in [0.3, 0.4) is 0 Å². The maximum absolute atomic E-state index is 12.2. The van der Waals surface area contributed by atoms with E-state index >= 15 is 0 Å². The summed E-state index contributed by atoms with van der Waals surface area (Å²) in [6.07, 6.45) is -0.594.